The highest BCUT2D eigenvalue weighted by atomic mass is 19.3. The summed E-state index contributed by atoms with van der Waals surface area (Å²) in [7, 11) is 0. The van der Waals surface area contributed by atoms with E-state index in [1.54, 1.807) is 18.2 Å². The summed E-state index contributed by atoms with van der Waals surface area (Å²) in [6, 6.07) is 7.75. The Morgan fingerprint density at radius 2 is 1.75 bits per heavy atom. The van der Waals surface area contributed by atoms with E-state index in [0.717, 1.165) is 0 Å². The van der Waals surface area contributed by atoms with Gasteiger partial charge >= 0.3 is 5.97 Å². The van der Waals surface area contributed by atoms with E-state index in [-0.39, 0.29) is 5.75 Å². The Morgan fingerprint density at radius 3 is 2.25 bits per heavy atom. The minimum Gasteiger partial charge on any atom is -0.423 e. The first kappa shape index (κ1) is 12.3. The van der Waals surface area contributed by atoms with Crippen LogP contribution in [0.15, 0.2) is 42.5 Å². The lowest BCUT2D eigenvalue weighted by Crippen LogP contribution is -2.23. The minimum atomic E-state index is -3.28. The maximum absolute atomic E-state index is 12.7. The van der Waals surface area contributed by atoms with E-state index in [1.807, 2.05) is 0 Å². The van der Waals surface area contributed by atoms with Crippen LogP contribution >= 0.6 is 0 Å². The second kappa shape index (κ2) is 5.34. The third kappa shape index (κ3) is 3.12. The van der Waals surface area contributed by atoms with Gasteiger partial charge in [0, 0.05) is 0 Å². The summed E-state index contributed by atoms with van der Waals surface area (Å²) < 4.78 is 41.2. The number of para-hydroxylation sites is 1. The van der Waals surface area contributed by atoms with Gasteiger partial charge in [-0.15, -0.1) is 0 Å². The fourth-order valence-electron chi connectivity index (χ4n) is 0.926. The molecule has 0 heterocycles. The van der Waals surface area contributed by atoms with Crippen LogP contribution in [0.1, 0.15) is 0 Å². The Labute approximate surface area is 90.3 Å². The molecule has 0 aliphatic heterocycles. The second-order valence-corrected chi connectivity index (χ2v) is 2.96. The van der Waals surface area contributed by atoms with Crippen LogP contribution in [0.3, 0.4) is 0 Å². The first-order valence-electron chi connectivity index (χ1n) is 4.40. The Kier molecular flexibility index (Phi) is 4.10. The number of carbonyl (C=O) groups excluding carboxylic acids is 1. The molecule has 0 aliphatic carbocycles. The van der Waals surface area contributed by atoms with Crippen LogP contribution in [-0.4, -0.2) is 18.6 Å². The number of benzene rings is 1. The normalized spacial score (nSPS) is 12.2. The second-order valence-electron chi connectivity index (χ2n) is 2.96. The van der Waals surface area contributed by atoms with Gasteiger partial charge in [-0.3, -0.25) is 0 Å². The van der Waals surface area contributed by atoms with Crippen molar-refractivity contribution >= 4 is 5.97 Å². The van der Waals surface area contributed by atoms with Gasteiger partial charge in [-0.2, -0.15) is 0 Å². The summed E-state index contributed by atoms with van der Waals surface area (Å²) in [5, 5.41) is 0. The standard InChI is InChI=1S/C11H9F3O2/c1-7(9(12)10(13)14)11(15)16-8-5-3-2-4-6-8/h2-6,9-10H,1H2. The molecule has 0 spiro atoms. The molecule has 1 unspecified atom stereocenters. The Morgan fingerprint density at radius 1 is 1.19 bits per heavy atom. The summed E-state index contributed by atoms with van der Waals surface area (Å²) in [4.78, 5) is 11.2. The first-order valence-corrected chi connectivity index (χ1v) is 4.40. The van der Waals surface area contributed by atoms with Gasteiger partial charge in [0.25, 0.3) is 6.43 Å². The molecule has 2 nitrogen and oxygen atoms in total. The van der Waals surface area contributed by atoms with Crippen molar-refractivity contribution in [2.75, 3.05) is 0 Å². The molecule has 0 saturated heterocycles. The number of alkyl halides is 3. The van der Waals surface area contributed by atoms with Gasteiger partial charge in [0.15, 0.2) is 6.17 Å². The van der Waals surface area contributed by atoms with Crippen LogP contribution in [0.25, 0.3) is 0 Å². The van der Waals surface area contributed by atoms with E-state index in [9.17, 15) is 18.0 Å². The van der Waals surface area contributed by atoms with Crippen LogP contribution in [0.5, 0.6) is 5.75 Å². The Balaban J connectivity index is 2.63. The van der Waals surface area contributed by atoms with Crippen molar-refractivity contribution in [2.45, 2.75) is 12.6 Å². The highest BCUT2D eigenvalue weighted by Gasteiger charge is 2.28. The summed E-state index contributed by atoms with van der Waals surface area (Å²) in [5.41, 5.74) is -0.890. The zero-order valence-corrected chi connectivity index (χ0v) is 8.20. The fourth-order valence-corrected chi connectivity index (χ4v) is 0.926. The molecular weight excluding hydrogens is 221 g/mol. The molecular formula is C11H9F3O2. The molecule has 1 aromatic rings. The summed E-state index contributed by atoms with van der Waals surface area (Å²) in [6.07, 6.45) is -5.98. The number of hydrogen-bond acceptors (Lipinski definition) is 2. The van der Waals surface area contributed by atoms with Gasteiger partial charge in [-0.05, 0) is 12.1 Å². The predicted molar refractivity (Wildman–Crippen MR) is 52.1 cm³/mol. The molecule has 0 amide bonds. The lowest BCUT2D eigenvalue weighted by molar-refractivity contribution is -0.131. The molecule has 5 heteroatoms. The van der Waals surface area contributed by atoms with Gasteiger partial charge < -0.3 is 4.74 Å². The highest BCUT2D eigenvalue weighted by molar-refractivity contribution is 5.90. The molecule has 1 aromatic carbocycles. The summed E-state index contributed by atoms with van der Waals surface area (Å²) in [5.74, 6) is -1.05. The molecule has 1 rings (SSSR count). The van der Waals surface area contributed by atoms with Crippen molar-refractivity contribution in [1.29, 1.82) is 0 Å². The van der Waals surface area contributed by atoms with Gasteiger partial charge in [0.1, 0.15) is 5.75 Å². The molecule has 1 atom stereocenters. The van der Waals surface area contributed by atoms with Crippen LogP contribution in [0, 0.1) is 0 Å². The third-order valence-electron chi connectivity index (χ3n) is 1.77. The zero-order valence-electron chi connectivity index (χ0n) is 8.20. The number of halogens is 3. The molecule has 0 bridgehead atoms. The molecule has 16 heavy (non-hydrogen) atoms. The smallest absolute Gasteiger partial charge is 0.341 e. The average Bonchev–Trinajstić information content (AvgIpc) is 2.28. The van der Waals surface area contributed by atoms with E-state index in [2.05, 4.69) is 11.3 Å². The van der Waals surface area contributed by atoms with Crippen molar-refractivity contribution in [3.63, 3.8) is 0 Å². The highest BCUT2D eigenvalue weighted by Crippen LogP contribution is 2.17. The summed E-state index contributed by atoms with van der Waals surface area (Å²) >= 11 is 0. The molecule has 0 aliphatic rings. The van der Waals surface area contributed by atoms with Crippen LogP contribution in [-0.2, 0) is 4.79 Å². The number of hydrogen-bond donors (Lipinski definition) is 0. The Bertz CT molecular complexity index is 376. The number of carbonyl (C=O) groups is 1. The lowest BCUT2D eigenvalue weighted by Gasteiger charge is -2.09. The molecule has 0 aromatic heterocycles. The van der Waals surface area contributed by atoms with Crippen molar-refractivity contribution in [3.05, 3.63) is 42.5 Å². The minimum absolute atomic E-state index is 0.148. The van der Waals surface area contributed by atoms with Crippen molar-refractivity contribution in [2.24, 2.45) is 0 Å². The third-order valence-corrected chi connectivity index (χ3v) is 1.77. The van der Waals surface area contributed by atoms with Crippen LogP contribution < -0.4 is 4.74 Å². The molecule has 86 valence electrons. The van der Waals surface area contributed by atoms with E-state index in [1.165, 1.54) is 12.1 Å². The maximum Gasteiger partial charge on any atom is 0.341 e. The maximum atomic E-state index is 12.7. The molecule has 0 N–H and O–H groups in total. The van der Waals surface area contributed by atoms with Crippen molar-refractivity contribution in [1.82, 2.24) is 0 Å². The van der Waals surface area contributed by atoms with Crippen molar-refractivity contribution < 1.29 is 22.7 Å². The van der Waals surface area contributed by atoms with Gasteiger partial charge in [-0.25, -0.2) is 18.0 Å². The number of ether oxygens (including phenoxy) is 1. The molecule has 0 radical (unpaired) electrons. The van der Waals surface area contributed by atoms with E-state index in [4.69, 9.17) is 0 Å². The van der Waals surface area contributed by atoms with Crippen molar-refractivity contribution in [3.8, 4) is 5.75 Å². The quantitative estimate of drug-likeness (QED) is 0.451. The first-order chi connectivity index (χ1) is 7.52. The van der Waals surface area contributed by atoms with Crippen LogP contribution in [0.4, 0.5) is 13.2 Å². The van der Waals surface area contributed by atoms with Crippen LogP contribution in [0.2, 0.25) is 0 Å². The fraction of sp³-hybridized carbons (Fsp3) is 0.182. The zero-order chi connectivity index (χ0) is 12.1. The van der Waals surface area contributed by atoms with E-state index >= 15 is 0 Å². The number of rotatable bonds is 4. The van der Waals surface area contributed by atoms with E-state index < -0.39 is 24.1 Å². The predicted octanol–water partition coefficient (Wildman–Crippen LogP) is 2.75. The SMILES string of the molecule is C=C(C(=O)Oc1ccccc1)C(F)C(F)F. The lowest BCUT2D eigenvalue weighted by atomic mass is 10.2. The molecule has 0 fully saturated rings. The topological polar surface area (TPSA) is 26.3 Å². The molecule has 0 saturated carbocycles. The Hall–Kier alpha value is -1.78. The number of esters is 1. The van der Waals surface area contributed by atoms with Gasteiger partial charge in [0.2, 0.25) is 0 Å². The van der Waals surface area contributed by atoms with Gasteiger partial charge in [0.05, 0.1) is 5.57 Å². The van der Waals surface area contributed by atoms with E-state index in [0.29, 0.717) is 0 Å². The average molecular weight is 230 g/mol. The monoisotopic (exact) mass is 230 g/mol. The van der Waals surface area contributed by atoms with Gasteiger partial charge in [-0.1, -0.05) is 24.8 Å². The summed E-state index contributed by atoms with van der Waals surface area (Å²) in [6.45, 7) is 2.94. The largest absolute Gasteiger partial charge is 0.423 e.